The molecule has 0 radical (unpaired) electrons. The molecule has 1 aliphatic heterocycles. The number of nitrogens with one attached hydrogen (secondary N) is 2. The zero-order valence-corrected chi connectivity index (χ0v) is 10.8. The molecule has 1 aromatic rings. The van der Waals surface area contributed by atoms with Gasteiger partial charge in [0.25, 0.3) is 0 Å². The largest absolute Gasteiger partial charge is 0.352 e. The van der Waals surface area contributed by atoms with E-state index in [2.05, 4.69) is 42.2 Å². The molecule has 2 heterocycles. The number of aryl methyl sites for hydroxylation is 1. The molecule has 4 heteroatoms. The Morgan fingerprint density at radius 3 is 2.88 bits per heavy atom. The Morgan fingerprint density at radius 1 is 1.59 bits per heavy atom. The molecule has 1 saturated heterocycles. The lowest BCUT2D eigenvalue weighted by Crippen LogP contribution is -2.40. The van der Waals surface area contributed by atoms with E-state index in [0.717, 1.165) is 19.4 Å². The van der Waals surface area contributed by atoms with Crippen LogP contribution in [-0.4, -0.2) is 23.1 Å². The molecular formula is C13H21N3O. The van der Waals surface area contributed by atoms with Crippen molar-refractivity contribution < 1.29 is 4.79 Å². The minimum atomic E-state index is 0.0140. The third-order valence-electron chi connectivity index (χ3n) is 3.71. The van der Waals surface area contributed by atoms with Crippen LogP contribution in [-0.2, 0) is 18.4 Å². The van der Waals surface area contributed by atoms with Crippen LogP contribution in [0, 0.1) is 13.8 Å². The second-order valence-corrected chi connectivity index (χ2v) is 4.82. The van der Waals surface area contributed by atoms with Gasteiger partial charge < -0.3 is 15.2 Å². The minimum absolute atomic E-state index is 0.0140. The second-order valence-electron chi connectivity index (χ2n) is 4.82. The highest BCUT2D eigenvalue weighted by Crippen LogP contribution is 2.13. The summed E-state index contributed by atoms with van der Waals surface area (Å²) in [4.78, 5) is 11.8. The highest BCUT2D eigenvalue weighted by atomic mass is 16.2. The van der Waals surface area contributed by atoms with Gasteiger partial charge in [-0.15, -0.1) is 0 Å². The van der Waals surface area contributed by atoms with Crippen LogP contribution < -0.4 is 10.6 Å². The van der Waals surface area contributed by atoms with E-state index in [1.165, 1.54) is 17.0 Å². The van der Waals surface area contributed by atoms with Gasteiger partial charge in [0, 0.05) is 25.0 Å². The van der Waals surface area contributed by atoms with Crippen LogP contribution in [0.15, 0.2) is 6.07 Å². The Labute approximate surface area is 102 Å². The molecule has 1 amide bonds. The van der Waals surface area contributed by atoms with Gasteiger partial charge in [-0.25, -0.2) is 0 Å². The second kappa shape index (κ2) is 4.92. The van der Waals surface area contributed by atoms with E-state index in [0.29, 0.717) is 6.54 Å². The number of carbonyl (C=O) groups excluding carboxylic acids is 1. The van der Waals surface area contributed by atoms with E-state index in [1.807, 2.05) is 0 Å². The molecule has 2 N–H and O–H groups in total. The van der Waals surface area contributed by atoms with Crippen molar-refractivity contribution >= 4 is 5.91 Å². The fraction of sp³-hybridized carbons (Fsp3) is 0.615. The summed E-state index contributed by atoms with van der Waals surface area (Å²) in [6, 6.07) is 2.15. The maximum Gasteiger partial charge on any atom is 0.237 e. The van der Waals surface area contributed by atoms with Crippen molar-refractivity contribution in [2.75, 3.05) is 6.54 Å². The third kappa shape index (κ3) is 2.52. The SMILES string of the molecule is Cc1cc(CNC(=O)C2CCCN2)c(C)n1C. The molecule has 1 fully saturated rings. The molecule has 1 aliphatic rings. The first-order valence-electron chi connectivity index (χ1n) is 6.22. The van der Waals surface area contributed by atoms with E-state index in [4.69, 9.17) is 0 Å². The van der Waals surface area contributed by atoms with Gasteiger partial charge in [-0.3, -0.25) is 4.79 Å². The summed E-state index contributed by atoms with van der Waals surface area (Å²) in [5.41, 5.74) is 3.66. The number of amides is 1. The molecule has 0 bridgehead atoms. The van der Waals surface area contributed by atoms with Gasteiger partial charge in [-0.1, -0.05) is 0 Å². The van der Waals surface area contributed by atoms with Crippen molar-refractivity contribution in [1.82, 2.24) is 15.2 Å². The molecular weight excluding hydrogens is 214 g/mol. The number of carbonyl (C=O) groups is 1. The summed E-state index contributed by atoms with van der Waals surface area (Å²) >= 11 is 0. The molecule has 17 heavy (non-hydrogen) atoms. The van der Waals surface area contributed by atoms with E-state index in [-0.39, 0.29) is 11.9 Å². The summed E-state index contributed by atoms with van der Waals surface area (Å²) in [6.45, 7) is 5.76. The average molecular weight is 235 g/mol. The average Bonchev–Trinajstić information content (AvgIpc) is 2.91. The maximum atomic E-state index is 11.8. The highest BCUT2D eigenvalue weighted by molar-refractivity contribution is 5.82. The maximum absolute atomic E-state index is 11.8. The molecule has 1 atom stereocenters. The van der Waals surface area contributed by atoms with Crippen molar-refractivity contribution in [2.45, 2.75) is 39.3 Å². The first-order chi connectivity index (χ1) is 8.09. The Balaban J connectivity index is 1.93. The zero-order valence-electron chi connectivity index (χ0n) is 10.8. The van der Waals surface area contributed by atoms with Crippen LogP contribution in [0.3, 0.4) is 0 Å². The van der Waals surface area contributed by atoms with E-state index < -0.39 is 0 Å². The van der Waals surface area contributed by atoms with Crippen molar-refractivity contribution in [1.29, 1.82) is 0 Å². The van der Waals surface area contributed by atoms with Gasteiger partial charge in [-0.05, 0) is 44.9 Å². The van der Waals surface area contributed by atoms with Crippen LogP contribution in [0.1, 0.15) is 29.8 Å². The van der Waals surface area contributed by atoms with Gasteiger partial charge in [0.15, 0.2) is 0 Å². The van der Waals surface area contributed by atoms with Gasteiger partial charge in [0.2, 0.25) is 5.91 Å². The summed E-state index contributed by atoms with van der Waals surface area (Å²) < 4.78 is 2.15. The normalized spacial score (nSPS) is 19.6. The highest BCUT2D eigenvalue weighted by Gasteiger charge is 2.21. The quantitative estimate of drug-likeness (QED) is 0.821. The Hall–Kier alpha value is -1.29. The molecule has 2 rings (SSSR count). The van der Waals surface area contributed by atoms with Crippen LogP contribution in [0.25, 0.3) is 0 Å². The van der Waals surface area contributed by atoms with Crippen molar-refractivity contribution in [3.63, 3.8) is 0 Å². The number of rotatable bonds is 3. The molecule has 1 unspecified atom stereocenters. The molecule has 1 aromatic heterocycles. The van der Waals surface area contributed by atoms with Crippen LogP contribution in [0.4, 0.5) is 0 Å². The third-order valence-corrected chi connectivity index (χ3v) is 3.71. The molecule has 0 spiro atoms. The molecule has 0 saturated carbocycles. The molecule has 4 nitrogen and oxygen atoms in total. The van der Waals surface area contributed by atoms with Crippen molar-refractivity contribution in [3.05, 3.63) is 23.0 Å². The molecule has 0 aliphatic carbocycles. The Bertz CT molecular complexity index is 417. The Morgan fingerprint density at radius 2 is 2.35 bits per heavy atom. The predicted octanol–water partition coefficient (Wildman–Crippen LogP) is 1.01. The summed E-state index contributed by atoms with van der Waals surface area (Å²) in [6.07, 6.45) is 2.06. The summed E-state index contributed by atoms with van der Waals surface area (Å²) in [7, 11) is 2.05. The minimum Gasteiger partial charge on any atom is -0.352 e. The van der Waals surface area contributed by atoms with Crippen LogP contribution >= 0.6 is 0 Å². The summed E-state index contributed by atoms with van der Waals surface area (Å²) in [5, 5.41) is 6.21. The smallest absolute Gasteiger partial charge is 0.237 e. The monoisotopic (exact) mass is 235 g/mol. The van der Waals surface area contributed by atoms with E-state index >= 15 is 0 Å². The van der Waals surface area contributed by atoms with Gasteiger partial charge in [-0.2, -0.15) is 0 Å². The van der Waals surface area contributed by atoms with Crippen molar-refractivity contribution in [2.24, 2.45) is 7.05 Å². The fourth-order valence-electron chi connectivity index (χ4n) is 2.33. The lowest BCUT2D eigenvalue weighted by Gasteiger charge is -2.11. The van der Waals surface area contributed by atoms with Gasteiger partial charge >= 0.3 is 0 Å². The lowest BCUT2D eigenvalue weighted by atomic mass is 10.2. The predicted molar refractivity (Wildman–Crippen MR) is 67.8 cm³/mol. The van der Waals surface area contributed by atoms with Gasteiger partial charge in [0.1, 0.15) is 0 Å². The van der Waals surface area contributed by atoms with E-state index in [9.17, 15) is 4.79 Å². The van der Waals surface area contributed by atoms with Crippen LogP contribution in [0.2, 0.25) is 0 Å². The topological polar surface area (TPSA) is 46.1 Å². The molecule has 0 aromatic carbocycles. The van der Waals surface area contributed by atoms with Crippen molar-refractivity contribution in [3.8, 4) is 0 Å². The first-order valence-corrected chi connectivity index (χ1v) is 6.22. The summed E-state index contributed by atoms with van der Waals surface area (Å²) in [5.74, 6) is 0.128. The standard InChI is InChI=1S/C13H21N3O/c1-9-7-11(10(2)16(9)3)8-15-13(17)12-5-4-6-14-12/h7,12,14H,4-6,8H2,1-3H3,(H,15,17). The number of aromatic nitrogens is 1. The van der Waals surface area contributed by atoms with Crippen LogP contribution in [0.5, 0.6) is 0 Å². The number of nitrogens with zero attached hydrogens (tertiary/aromatic N) is 1. The lowest BCUT2D eigenvalue weighted by molar-refractivity contribution is -0.122. The number of hydrogen-bond acceptors (Lipinski definition) is 2. The molecule has 94 valence electrons. The first kappa shape index (κ1) is 12.2. The number of hydrogen-bond donors (Lipinski definition) is 2. The Kier molecular flexibility index (Phi) is 3.52. The fourth-order valence-corrected chi connectivity index (χ4v) is 2.33. The zero-order chi connectivity index (χ0) is 12.4. The van der Waals surface area contributed by atoms with Gasteiger partial charge in [0.05, 0.1) is 6.04 Å². The van der Waals surface area contributed by atoms with E-state index in [1.54, 1.807) is 0 Å².